The fourth-order valence-electron chi connectivity index (χ4n) is 1.83. The maximum Gasteiger partial charge on any atom is 0.187 e. The molecular weight excluding hydrogens is 330 g/mol. The molecule has 6 heteroatoms. The molecule has 0 radical (unpaired) electrons. The lowest BCUT2D eigenvalue weighted by Gasteiger charge is -2.03. The van der Waals surface area contributed by atoms with Gasteiger partial charge >= 0.3 is 0 Å². The minimum atomic E-state index is -0.263. The summed E-state index contributed by atoms with van der Waals surface area (Å²) in [6, 6.07) is 11.4. The monoisotopic (exact) mass is 338 g/mol. The molecular formula is C15H9Cl2FN2S. The standard InChI is InChI=1S/C15H9Cl2FN2S/c16-10-5-11(17)7-13(6-10)19-15-20-14(8-21-15)9-1-3-12(18)4-2-9/h1-8H,(H,19,20). The van der Waals surface area contributed by atoms with E-state index in [-0.39, 0.29) is 5.82 Å². The number of nitrogens with zero attached hydrogens (tertiary/aromatic N) is 1. The summed E-state index contributed by atoms with van der Waals surface area (Å²) in [5, 5.41) is 6.88. The van der Waals surface area contributed by atoms with Gasteiger partial charge in [0.1, 0.15) is 5.82 Å². The van der Waals surface area contributed by atoms with Crippen LogP contribution >= 0.6 is 34.5 Å². The molecule has 2 nitrogen and oxygen atoms in total. The van der Waals surface area contributed by atoms with E-state index in [2.05, 4.69) is 10.3 Å². The predicted molar refractivity (Wildman–Crippen MR) is 87.3 cm³/mol. The molecule has 0 atom stereocenters. The highest BCUT2D eigenvalue weighted by molar-refractivity contribution is 7.14. The van der Waals surface area contributed by atoms with E-state index >= 15 is 0 Å². The molecule has 0 aliphatic heterocycles. The van der Waals surface area contributed by atoms with Gasteiger partial charge in [-0.15, -0.1) is 11.3 Å². The van der Waals surface area contributed by atoms with Gasteiger partial charge in [-0.05, 0) is 42.5 Å². The number of hydrogen-bond donors (Lipinski definition) is 1. The number of benzene rings is 2. The molecule has 2 aromatic carbocycles. The van der Waals surface area contributed by atoms with Crippen molar-refractivity contribution in [1.29, 1.82) is 0 Å². The van der Waals surface area contributed by atoms with E-state index in [1.165, 1.54) is 23.5 Å². The lowest BCUT2D eigenvalue weighted by Crippen LogP contribution is -1.89. The Balaban J connectivity index is 1.83. The summed E-state index contributed by atoms with van der Waals surface area (Å²) in [5.74, 6) is -0.263. The first-order valence-corrected chi connectivity index (χ1v) is 7.68. The van der Waals surface area contributed by atoms with Crippen LogP contribution in [0.25, 0.3) is 11.3 Å². The van der Waals surface area contributed by atoms with Crippen molar-refractivity contribution < 1.29 is 4.39 Å². The highest BCUT2D eigenvalue weighted by Crippen LogP contribution is 2.29. The zero-order valence-electron chi connectivity index (χ0n) is 10.6. The molecule has 0 fully saturated rings. The highest BCUT2D eigenvalue weighted by atomic mass is 35.5. The molecule has 0 saturated carbocycles. The van der Waals surface area contributed by atoms with Gasteiger partial charge in [0.05, 0.1) is 5.69 Å². The molecule has 3 aromatic rings. The SMILES string of the molecule is Fc1ccc(-c2csc(Nc3cc(Cl)cc(Cl)c3)n2)cc1. The number of anilines is 2. The van der Waals surface area contributed by atoms with Crippen LogP contribution in [0.4, 0.5) is 15.2 Å². The molecule has 3 rings (SSSR count). The zero-order valence-corrected chi connectivity index (χ0v) is 12.9. The third-order valence-corrected chi connectivity index (χ3v) is 3.95. The summed E-state index contributed by atoms with van der Waals surface area (Å²) >= 11 is 13.4. The van der Waals surface area contributed by atoms with Crippen LogP contribution in [0.15, 0.2) is 47.8 Å². The molecule has 0 aliphatic rings. The Bertz CT molecular complexity index is 751. The van der Waals surface area contributed by atoms with Gasteiger partial charge in [0.2, 0.25) is 0 Å². The molecule has 0 spiro atoms. The lowest BCUT2D eigenvalue weighted by molar-refractivity contribution is 0.628. The first-order chi connectivity index (χ1) is 10.1. The lowest BCUT2D eigenvalue weighted by atomic mass is 10.2. The van der Waals surface area contributed by atoms with Crippen LogP contribution in [0.2, 0.25) is 10.0 Å². The van der Waals surface area contributed by atoms with Crippen molar-refractivity contribution in [1.82, 2.24) is 4.98 Å². The van der Waals surface area contributed by atoms with E-state index in [1.54, 1.807) is 30.3 Å². The predicted octanol–water partition coefficient (Wildman–Crippen LogP) is 6.00. The van der Waals surface area contributed by atoms with Gasteiger partial charge in [0.25, 0.3) is 0 Å². The van der Waals surface area contributed by atoms with Crippen molar-refractivity contribution in [3.05, 3.63) is 63.7 Å². The van der Waals surface area contributed by atoms with Gasteiger partial charge in [-0.1, -0.05) is 23.2 Å². The van der Waals surface area contributed by atoms with Gasteiger partial charge < -0.3 is 5.32 Å². The molecule has 21 heavy (non-hydrogen) atoms. The van der Waals surface area contributed by atoms with Crippen LogP contribution in [0.3, 0.4) is 0 Å². The number of hydrogen-bond acceptors (Lipinski definition) is 3. The van der Waals surface area contributed by atoms with E-state index in [0.29, 0.717) is 15.2 Å². The van der Waals surface area contributed by atoms with Gasteiger partial charge in [-0.3, -0.25) is 0 Å². The molecule has 1 N–H and O–H groups in total. The maximum atomic E-state index is 12.9. The van der Waals surface area contributed by atoms with Crippen LogP contribution < -0.4 is 5.32 Å². The van der Waals surface area contributed by atoms with Crippen LogP contribution in [0.5, 0.6) is 0 Å². The first-order valence-electron chi connectivity index (χ1n) is 6.05. The molecule has 0 amide bonds. The van der Waals surface area contributed by atoms with E-state index in [1.807, 2.05) is 5.38 Å². The Morgan fingerprint density at radius 2 is 1.67 bits per heavy atom. The van der Waals surface area contributed by atoms with Crippen molar-refractivity contribution in [3.8, 4) is 11.3 Å². The number of aromatic nitrogens is 1. The average Bonchev–Trinajstić information content (AvgIpc) is 2.87. The van der Waals surface area contributed by atoms with E-state index in [4.69, 9.17) is 23.2 Å². The first kappa shape index (κ1) is 14.3. The largest absolute Gasteiger partial charge is 0.331 e. The van der Waals surface area contributed by atoms with Crippen molar-refractivity contribution >= 4 is 45.4 Å². The third kappa shape index (κ3) is 3.53. The Morgan fingerprint density at radius 1 is 1.00 bits per heavy atom. The molecule has 0 aliphatic carbocycles. The smallest absolute Gasteiger partial charge is 0.187 e. The molecule has 0 saturated heterocycles. The maximum absolute atomic E-state index is 12.9. The Morgan fingerprint density at radius 3 is 2.33 bits per heavy atom. The third-order valence-electron chi connectivity index (χ3n) is 2.76. The quantitative estimate of drug-likeness (QED) is 0.633. The average molecular weight is 339 g/mol. The summed E-state index contributed by atoms with van der Waals surface area (Å²) in [4.78, 5) is 4.46. The minimum Gasteiger partial charge on any atom is -0.331 e. The number of nitrogens with one attached hydrogen (secondary N) is 1. The fraction of sp³-hybridized carbons (Fsp3) is 0. The van der Waals surface area contributed by atoms with Crippen LogP contribution in [-0.2, 0) is 0 Å². The molecule has 0 unspecified atom stereocenters. The second kappa shape index (κ2) is 6.02. The fourth-order valence-corrected chi connectivity index (χ4v) is 3.10. The molecule has 0 bridgehead atoms. The topological polar surface area (TPSA) is 24.9 Å². The van der Waals surface area contributed by atoms with E-state index < -0.39 is 0 Å². The number of thiazole rings is 1. The summed E-state index contributed by atoms with van der Waals surface area (Å²) < 4.78 is 12.9. The zero-order chi connectivity index (χ0) is 14.8. The van der Waals surface area contributed by atoms with Crippen LogP contribution in [-0.4, -0.2) is 4.98 Å². The summed E-state index contributed by atoms with van der Waals surface area (Å²) in [6.07, 6.45) is 0. The van der Waals surface area contributed by atoms with Gasteiger partial charge in [0, 0.05) is 26.7 Å². The van der Waals surface area contributed by atoms with Crippen molar-refractivity contribution in [2.24, 2.45) is 0 Å². The van der Waals surface area contributed by atoms with Crippen LogP contribution in [0, 0.1) is 5.82 Å². The minimum absolute atomic E-state index is 0.263. The van der Waals surface area contributed by atoms with Crippen molar-refractivity contribution in [3.63, 3.8) is 0 Å². The second-order valence-electron chi connectivity index (χ2n) is 4.33. The molecule has 1 aromatic heterocycles. The van der Waals surface area contributed by atoms with Crippen molar-refractivity contribution in [2.75, 3.05) is 5.32 Å². The number of rotatable bonds is 3. The van der Waals surface area contributed by atoms with Gasteiger partial charge in [-0.25, -0.2) is 9.37 Å². The molecule has 1 heterocycles. The van der Waals surface area contributed by atoms with Crippen molar-refractivity contribution in [2.45, 2.75) is 0 Å². The summed E-state index contributed by atoms with van der Waals surface area (Å²) in [5.41, 5.74) is 2.42. The summed E-state index contributed by atoms with van der Waals surface area (Å²) in [6.45, 7) is 0. The Hall–Kier alpha value is -1.62. The van der Waals surface area contributed by atoms with E-state index in [9.17, 15) is 4.39 Å². The summed E-state index contributed by atoms with van der Waals surface area (Å²) in [7, 11) is 0. The molecule has 106 valence electrons. The Kier molecular flexibility index (Phi) is 4.10. The second-order valence-corrected chi connectivity index (χ2v) is 6.06. The highest BCUT2D eigenvalue weighted by Gasteiger charge is 2.06. The van der Waals surface area contributed by atoms with Gasteiger partial charge in [-0.2, -0.15) is 0 Å². The van der Waals surface area contributed by atoms with Crippen LogP contribution in [0.1, 0.15) is 0 Å². The normalized spacial score (nSPS) is 10.6. The number of halogens is 3. The van der Waals surface area contributed by atoms with E-state index in [0.717, 1.165) is 16.9 Å². The Labute approximate surface area is 135 Å². The van der Waals surface area contributed by atoms with Gasteiger partial charge in [0.15, 0.2) is 5.13 Å².